The number of hydrogen-bond acceptors (Lipinski definition) is 1. The maximum atomic E-state index is 2.61. The SMILES string of the molecule is C[C@H]1CN(Cc2ccccc2)C[C@@H]1c1cccc(C(C)(C)C)c1. The Kier molecular flexibility index (Phi) is 4.59. The second-order valence-electron chi connectivity index (χ2n) is 8.14. The topological polar surface area (TPSA) is 3.24 Å². The predicted octanol–water partition coefficient (Wildman–Crippen LogP) is 5.22. The number of benzene rings is 2. The first-order chi connectivity index (χ1) is 10.9. The largest absolute Gasteiger partial charge is 0.298 e. The summed E-state index contributed by atoms with van der Waals surface area (Å²) in [4.78, 5) is 2.61. The Labute approximate surface area is 141 Å². The van der Waals surface area contributed by atoms with E-state index in [2.05, 4.69) is 87.2 Å². The number of rotatable bonds is 3. The fraction of sp³-hybridized carbons (Fsp3) is 0.455. The molecule has 0 saturated carbocycles. The summed E-state index contributed by atoms with van der Waals surface area (Å²) in [6.45, 7) is 12.7. The molecule has 0 N–H and O–H groups in total. The molecule has 122 valence electrons. The van der Waals surface area contributed by atoms with Crippen molar-refractivity contribution in [3.63, 3.8) is 0 Å². The van der Waals surface area contributed by atoms with E-state index in [1.165, 1.54) is 29.8 Å². The Morgan fingerprint density at radius 3 is 2.39 bits per heavy atom. The van der Waals surface area contributed by atoms with Crippen LogP contribution in [0.15, 0.2) is 54.6 Å². The summed E-state index contributed by atoms with van der Waals surface area (Å²) in [5.41, 5.74) is 4.61. The minimum atomic E-state index is 0.224. The standard InChI is InChI=1S/C22H29N/c1-17-14-23(15-18-9-6-5-7-10-18)16-21(17)19-11-8-12-20(13-19)22(2,3)4/h5-13,17,21H,14-16H2,1-4H3/t17-,21-/m0/s1. The van der Waals surface area contributed by atoms with E-state index in [4.69, 9.17) is 0 Å². The second kappa shape index (κ2) is 6.49. The van der Waals surface area contributed by atoms with Crippen LogP contribution < -0.4 is 0 Å². The predicted molar refractivity (Wildman–Crippen MR) is 98.8 cm³/mol. The van der Waals surface area contributed by atoms with Gasteiger partial charge in [0.25, 0.3) is 0 Å². The van der Waals surface area contributed by atoms with Crippen LogP contribution in [0, 0.1) is 5.92 Å². The zero-order valence-electron chi connectivity index (χ0n) is 14.9. The molecule has 2 aromatic rings. The van der Waals surface area contributed by atoms with Crippen molar-refractivity contribution in [2.24, 2.45) is 5.92 Å². The maximum Gasteiger partial charge on any atom is 0.0234 e. The van der Waals surface area contributed by atoms with Gasteiger partial charge in [0.15, 0.2) is 0 Å². The van der Waals surface area contributed by atoms with Gasteiger partial charge in [0.2, 0.25) is 0 Å². The third-order valence-corrected chi connectivity index (χ3v) is 5.12. The molecule has 1 nitrogen and oxygen atoms in total. The van der Waals surface area contributed by atoms with Gasteiger partial charge in [0.05, 0.1) is 0 Å². The molecule has 23 heavy (non-hydrogen) atoms. The third-order valence-electron chi connectivity index (χ3n) is 5.12. The molecule has 1 heterocycles. The van der Waals surface area contributed by atoms with E-state index >= 15 is 0 Å². The molecule has 2 aromatic carbocycles. The Bertz CT molecular complexity index is 639. The molecule has 3 rings (SSSR count). The smallest absolute Gasteiger partial charge is 0.0234 e. The van der Waals surface area contributed by atoms with Gasteiger partial charge in [0, 0.05) is 25.6 Å². The van der Waals surface area contributed by atoms with E-state index in [-0.39, 0.29) is 5.41 Å². The Hall–Kier alpha value is -1.60. The van der Waals surface area contributed by atoms with E-state index in [0.717, 1.165) is 6.54 Å². The molecular weight excluding hydrogens is 278 g/mol. The van der Waals surface area contributed by atoms with E-state index in [1.54, 1.807) is 0 Å². The Balaban J connectivity index is 1.74. The first-order valence-electron chi connectivity index (χ1n) is 8.80. The first kappa shape index (κ1) is 16.3. The van der Waals surface area contributed by atoms with Crippen molar-refractivity contribution in [2.45, 2.75) is 45.6 Å². The summed E-state index contributed by atoms with van der Waals surface area (Å²) >= 11 is 0. The van der Waals surface area contributed by atoms with Crippen LogP contribution in [0.5, 0.6) is 0 Å². The number of likely N-dealkylation sites (tertiary alicyclic amines) is 1. The monoisotopic (exact) mass is 307 g/mol. The van der Waals surface area contributed by atoms with Crippen molar-refractivity contribution < 1.29 is 0 Å². The fourth-order valence-corrected chi connectivity index (χ4v) is 3.71. The Morgan fingerprint density at radius 1 is 0.957 bits per heavy atom. The number of hydrogen-bond donors (Lipinski definition) is 0. The van der Waals surface area contributed by atoms with Gasteiger partial charge in [-0.2, -0.15) is 0 Å². The van der Waals surface area contributed by atoms with Gasteiger partial charge in [-0.1, -0.05) is 82.3 Å². The van der Waals surface area contributed by atoms with Crippen LogP contribution in [0.3, 0.4) is 0 Å². The average Bonchev–Trinajstić information content (AvgIpc) is 2.88. The van der Waals surface area contributed by atoms with Crippen LogP contribution in [-0.2, 0) is 12.0 Å². The lowest BCUT2D eigenvalue weighted by atomic mass is 9.83. The van der Waals surface area contributed by atoms with Crippen molar-refractivity contribution in [3.8, 4) is 0 Å². The molecular formula is C22H29N. The zero-order chi connectivity index (χ0) is 16.4. The average molecular weight is 307 g/mol. The summed E-state index contributed by atoms with van der Waals surface area (Å²) in [6.07, 6.45) is 0. The minimum Gasteiger partial charge on any atom is -0.298 e. The van der Waals surface area contributed by atoms with Crippen LogP contribution in [0.2, 0.25) is 0 Å². The summed E-state index contributed by atoms with van der Waals surface area (Å²) < 4.78 is 0. The molecule has 1 saturated heterocycles. The van der Waals surface area contributed by atoms with Crippen molar-refractivity contribution in [1.29, 1.82) is 0 Å². The van der Waals surface area contributed by atoms with Gasteiger partial charge in [-0.3, -0.25) is 4.90 Å². The first-order valence-corrected chi connectivity index (χ1v) is 8.80. The van der Waals surface area contributed by atoms with E-state index in [9.17, 15) is 0 Å². The molecule has 0 radical (unpaired) electrons. The number of nitrogens with zero attached hydrogens (tertiary/aromatic N) is 1. The highest BCUT2D eigenvalue weighted by Crippen LogP contribution is 2.35. The highest BCUT2D eigenvalue weighted by atomic mass is 15.1. The van der Waals surface area contributed by atoms with Crippen LogP contribution in [0.1, 0.15) is 50.3 Å². The molecule has 1 aliphatic rings. The van der Waals surface area contributed by atoms with Gasteiger partial charge >= 0.3 is 0 Å². The molecule has 0 spiro atoms. The highest BCUT2D eigenvalue weighted by Gasteiger charge is 2.31. The molecule has 1 fully saturated rings. The Morgan fingerprint density at radius 2 is 1.70 bits per heavy atom. The van der Waals surface area contributed by atoms with Crippen molar-refractivity contribution in [2.75, 3.05) is 13.1 Å². The van der Waals surface area contributed by atoms with E-state index in [0.29, 0.717) is 11.8 Å². The second-order valence-corrected chi connectivity index (χ2v) is 8.14. The van der Waals surface area contributed by atoms with Crippen LogP contribution in [0.25, 0.3) is 0 Å². The lowest BCUT2D eigenvalue weighted by Crippen LogP contribution is -2.20. The van der Waals surface area contributed by atoms with Crippen molar-refractivity contribution >= 4 is 0 Å². The summed E-state index contributed by atoms with van der Waals surface area (Å²) in [5.74, 6) is 1.37. The molecule has 1 heteroatoms. The quantitative estimate of drug-likeness (QED) is 0.751. The zero-order valence-corrected chi connectivity index (χ0v) is 14.9. The van der Waals surface area contributed by atoms with E-state index < -0.39 is 0 Å². The van der Waals surface area contributed by atoms with Crippen LogP contribution in [0.4, 0.5) is 0 Å². The molecule has 0 amide bonds. The maximum absolute atomic E-state index is 2.61. The van der Waals surface area contributed by atoms with Gasteiger partial charge in [-0.15, -0.1) is 0 Å². The summed E-state index contributed by atoms with van der Waals surface area (Å²) in [6, 6.07) is 20.1. The third kappa shape index (κ3) is 3.84. The van der Waals surface area contributed by atoms with Gasteiger partial charge in [-0.05, 0) is 28.0 Å². The fourth-order valence-electron chi connectivity index (χ4n) is 3.71. The summed E-state index contributed by atoms with van der Waals surface area (Å²) in [5, 5.41) is 0. The van der Waals surface area contributed by atoms with E-state index in [1.807, 2.05) is 0 Å². The minimum absolute atomic E-state index is 0.224. The van der Waals surface area contributed by atoms with Gasteiger partial charge < -0.3 is 0 Å². The summed E-state index contributed by atoms with van der Waals surface area (Å²) in [7, 11) is 0. The van der Waals surface area contributed by atoms with Crippen LogP contribution >= 0.6 is 0 Å². The highest BCUT2D eigenvalue weighted by molar-refractivity contribution is 5.32. The molecule has 0 aromatic heterocycles. The van der Waals surface area contributed by atoms with Crippen molar-refractivity contribution in [1.82, 2.24) is 4.90 Å². The van der Waals surface area contributed by atoms with Gasteiger partial charge in [0.1, 0.15) is 0 Å². The normalized spacial score (nSPS) is 22.4. The molecule has 0 unspecified atom stereocenters. The molecule has 2 atom stereocenters. The molecule has 1 aliphatic heterocycles. The van der Waals surface area contributed by atoms with Gasteiger partial charge in [-0.25, -0.2) is 0 Å². The van der Waals surface area contributed by atoms with Crippen molar-refractivity contribution in [3.05, 3.63) is 71.3 Å². The lowest BCUT2D eigenvalue weighted by molar-refractivity contribution is 0.319. The molecule has 0 aliphatic carbocycles. The molecule has 0 bridgehead atoms. The van der Waals surface area contributed by atoms with Crippen LogP contribution in [-0.4, -0.2) is 18.0 Å². The lowest BCUT2D eigenvalue weighted by Gasteiger charge is -2.22.